The highest BCUT2D eigenvalue weighted by Gasteiger charge is 2.19. The lowest BCUT2D eigenvalue weighted by Gasteiger charge is -2.25. The lowest BCUT2D eigenvalue weighted by atomic mass is 10.1. The normalized spacial score (nSPS) is 16.9. The molecule has 0 heterocycles. The molecule has 4 heteroatoms. The van der Waals surface area contributed by atoms with Gasteiger partial charge >= 0.3 is 0 Å². The fraction of sp³-hybridized carbons (Fsp3) is 0.611. The minimum Gasteiger partial charge on any atom is -0.326 e. The molecule has 1 saturated carbocycles. The van der Waals surface area contributed by atoms with E-state index in [0.717, 1.165) is 24.8 Å². The van der Waals surface area contributed by atoms with Crippen LogP contribution >= 0.6 is 0 Å². The van der Waals surface area contributed by atoms with Gasteiger partial charge in [-0.3, -0.25) is 4.79 Å². The number of carbonyl (C=O) groups excluding carboxylic acids is 1. The first-order valence-electron chi connectivity index (χ1n) is 8.37. The standard InChI is InChI=1S/C18H29N3O/c1-14(16-7-6-8-17(13-16)20-15(2)22)19-11-12-21(3)18-9-4-5-10-18/h6-8,13-14,18-19H,4-5,9-12H2,1-3H3,(H,20,22). The molecule has 1 unspecified atom stereocenters. The Kier molecular flexibility index (Phi) is 6.40. The van der Waals surface area contributed by atoms with Crippen molar-refractivity contribution in [1.29, 1.82) is 0 Å². The summed E-state index contributed by atoms with van der Waals surface area (Å²) in [4.78, 5) is 13.6. The summed E-state index contributed by atoms with van der Waals surface area (Å²) in [5.74, 6) is -0.0315. The summed E-state index contributed by atoms with van der Waals surface area (Å²) >= 11 is 0. The SMILES string of the molecule is CC(=O)Nc1cccc(C(C)NCCN(C)C2CCCC2)c1. The Morgan fingerprint density at radius 1 is 1.36 bits per heavy atom. The predicted molar refractivity (Wildman–Crippen MR) is 92.0 cm³/mol. The number of amides is 1. The van der Waals surface area contributed by atoms with E-state index in [1.807, 2.05) is 18.2 Å². The third-order valence-electron chi connectivity index (χ3n) is 4.57. The molecule has 2 rings (SSSR count). The number of nitrogens with one attached hydrogen (secondary N) is 2. The minimum absolute atomic E-state index is 0.0315. The van der Waals surface area contributed by atoms with Crippen LogP contribution in [0.25, 0.3) is 0 Å². The van der Waals surface area contributed by atoms with E-state index in [9.17, 15) is 4.79 Å². The first-order chi connectivity index (χ1) is 10.6. The van der Waals surface area contributed by atoms with Gasteiger partial charge in [-0.2, -0.15) is 0 Å². The van der Waals surface area contributed by atoms with Crippen molar-refractivity contribution >= 4 is 11.6 Å². The number of anilines is 1. The average molecular weight is 303 g/mol. The molecule has 122 valence electrons. The second kappa shape index (κ2) is 8.30. The van der Waals surface area contributed by atoms with Crippen molar-refractivity contribution in [2.24, 2.45) is 0 Å². The molecule has 1 fully saturated rings. The van der Waals surface area contributed by atoms with E-state index < -0.39 is 0 Å². The molecule has 1 aromatic rings. The van der Waals surface area contributed by atoms with Crippen LogP contribution in [-0.2, 0) is 4.79 Å². The first kappa shape index (κ1) is 17.0. The molecule has 0 aliphatic heterocycles. The fourth-order valence-electron chi connectivity index (χ4n) is 3.19. The zero-order valence-electron chi connectivity index (χ0n) is 14.1. The van der Waals surface area contributed by atoms with E-state index in [2.05, 4.69) is 35.6 Å². The van der Waals surface area contributed by atoms with Crippen molar-refractivity contribution in [3.8, 4) is 0 Å². The van der Waals surface area contributed by atoms with Crippen molar-refractivity contribution < 1.29 is 4.79 Å². The summed E-state index contributed by atoms with van der Waals surface area (Å²) in [6.07, 6.45) is 5.47. The summed E-state index contributed by atoms with van der Waals surface area (Å²) in [6, 6.07) is 9.11. The molecule has 4 nitrogen and oxygen atoms in total. The monoisotopic (exact) mass is 303 g/mol. The Balaban J connectivity index is 1.78. The Bertz CT molecular complexity index is 483. The van der Waals surface area contributed by atoms with Crippen LogP contribution in [0.15, 0.2) is 24.3 Å². The Hall–Kier alpha value is -1.39. The van der Waals surface area contributed by atoms with Gasteiger partial charge in [0.25, 0.3) is 0 Å². The van der Waals surface area contributed by atoms with E-state index in [4.69, 9.17) is 0 Å². The summed E-state index contributed by atoms with van der Waals surface area (Å²) in [7, 11) is 2.24. The first-order valence-corrected chi connectivity index (χ1v) is 8.37. The quantitative estimate of drug-likeness (QED) is 0.813. The number of likely N-dealkylation sites (N-methyl/N-ethyl adjacent to an activating group) is 1. The number of rotatable bonds is 7. The van der Waals surface area contributed by atoms with Crippen molar-refractivity contribution in [2.45, 2.75) is 51.6 Å². The van der Waals surface area contributed by atoms with Crippen molar-refractivity contribution in [3.63, 3.8) is 0 Å². The second-order valence-corrected chi connectivity index (χ2v) is 6.40. The van der Waals surface area contributed by atoms with Crippen LogP contribution in [0.3, 0.4) is 0 Å². The zero-order valence-corrected chi connectivity index (χ0v) is 14.1. The van der Waals surface area contributed by atoms with Gasteiger partial charge in [0, 0.05) is 37.8 Å². The molecule has 1 amide bonds. The van der Waals surface area contributed by atoms with Crippen molar-refractivity contribution in [2.75, 3.05) is 25.5 Å². The topological polar surface area (TPSA) is 44.4 Å². The maximum Gasteiger partial charge on any atom is 0.221 e. The zero-order chi connectivity index (χ0) is 15.9. The Morgan fingerprint density at radius 3 is 2.77 bits per heavy atom. The van der Waals surface area contributed by atoms with Crippen LogP contribution in [0.2, 0.25) is 0 Å². The van der Waals surface area contributed by atoms with Gasteiger partial charge in [-0.1, -0.05) is 25.0 Å². The molecule has 22 heavy (non-hydrogen) atoms. The number of hydrogen-bond donors (Lipinski definition) is 2. The maximum atomic E-state index is 11.1. The summed E-state index contributed by atoms with van der Waals surface area (Å²) in [5.41, 5.74) is 2.07. The molecular weight excluding hydrogens is 274 g/mol. The van der Waals surface area contributed by atoms with Crippen molar-refractivity contribution in [3.05, 3.63) is 29.8 Å². The van der Waals surface area contributed by atoms with Crippen LogP contribution in [0, 0.1) is 0 Å². The Morgan fingerprint density at radius 2 is 2.09 bits per heavy atom. The number of benzene rings is 1. The van der Waals surface area contributed by atoms with E-state index in [1.165, 1.54) is 38.2 Å². The summed E-state index contributed by atoms with van der Waals surface area (Å²) in [5, 5.41) is 6.42. The minimum atomic E-state index is -0.0315. The van der Waals surface area contributed by atoms with E-state index in [-0.39, 0.29) is 11.9 Å². The predicted octanol–water partition coefficient (Wildman–Crippen LogP) is 3.17. The molecule has 0 spiro atoms. The van der Waals surface area contributed by atoms with Gasteiger partial charge in [-0.25, -0.2) is 0 Å². The summed E-state index contributed by atoms with van der Waals surface area (Å²) < 4.78 is 0. The average Bonchev–Trinajstić information content (AvgIpc) is 3.01. The molecule has 0 radical (unpaired) electrons. The highest BCUT2D eigenvalue weighted by Crippen LogP contribution is 2.22. The smallest absolute Gasteiger partial charge is 0.221 e. The van der Waals surface area contributed by atoms with Gasteiger partial charge in [-0.15, -0.1) is 0 Å². The molecule has 0 bridgehead atoms. The van der Waals surface area contributed by atoms with Crippen LogP contribution in [0.5, 0.6) is 0 Å². The van der Waals surface area contributed by atoms with Gasteiger partial charge in [-0.05, 0) is 44.5 Å². The lowest BCUT2D eigenvalue weighted by Crippen LogP contribution is -2.36. The van der Waals surface area contributed by atoms with Gasteiger partial charge in [0.15, 0.2) is 0 Å². The largest absolute Gasteiger partial charge is 0.326 e. The maximum absolute atomic E-state index is 11.1. The van der Waals surface area contributed by atoms with Gasteiger partial charge in [0.2, 0.25) is 5.91 Å². The highest BCUT2D eigenvalue weighted by molar-refractivity contribution is 5.88. The number of carbonyl (C=O) groups is 1. The summed E-state index contributed by atoms with van der Waals surface area (Å²) in [6.45, 7) is 5.77. The molecule has 0 saturated heterocycles. The molecule has 0 aromatic heterocycles. The molecule has 1 aliphatic rings. The van der Waals surface area contributed by atoms with E-state index in [1.54, 1.807) is 0 Å². The van der Waals surface area contributed by atoms with Gasteiger partial charge in [0.1, 0.15) is 0 Å². The van der Waals surface area contributed by atoms with Crippen LogP contribution in [-0.4, -0.2) is 37.0 Å². The second-order valence-electron chi connectivity index (χ2n) is 6.40. The number of hydrogen-bond acceptors (Lipinski definition) is 3. The third kappa shape index (κ3) is 5.11. The fourth-order valence-corrected chi connectivity index (χ4v) is 3.19. The lowest BCUT2D eigenvalue weighted by molar-refractivity contribution is -0.114. The van der Waals surface area contributed by atoms with Crippen LogP contribution in [0.1, 0.15) is 51.1 Å². The molecule has 2 N–H and O–H groups in total. The van der Waals surface area contributed by atoms with Crippen LogP contribution in [0.4, 0.5) is 5.69 Å². The number of nitrogens with zero attached hydrogens (tertiary/aromatic N) is 1. The highest BCUT2D eigenvalue weighted by atomic mass is 16.1. The molecule has 1 aliphatic carbocycles. The van der Waals surface area contributed by atoms with Crippen molar-refractivity contribution in [1.82, 2.24) is 10.2 Å². The van der Waals surface area contributed by atoms with E-state index in [0.29, 0.717) is 0 Å². The molecular formula is C18H29N3O. The molecule has 1 atom stereocenters. The Labute approximate surface area is 134 Å². The van der Waals surface area contributed by atoms with Gasteiger partial charge in [0.05, 0.1) is 0 Å². The molecule has 1 aromatic carbocycles. The van der Waals surface area contributed by atoms with E-state index >= 15 is 0 Å². The van der Waals surface area contributed by atoms with Gasteiger partial charge < -0.3 is 15.5 Å². The van der Waals surface area contributed by atoms with Crippen LogP contribution < -0.4 is 10.6 Å². The third-order valence-corrected chi connectivity index (χ3v) is 4.57.